The van der Waals surface area contributed by atoms with E-state index in [0.29, 0.717) is 4.75 Å². The lowest BCUT2D eigenvalue weighted by molar-refractivity contribution is 0.634. The van der Waals surface area contributed by atoms with Gasteiger partial charge in [-0.1, -0.05) is 0 Å². The highest BCUT2D eigenvalue weighted by Crippen LogP contribution is 2.48. The number of nitrogens with zero attached hydrogens (tertiary/aromatic N) is 2. The number of aryl methyl sites for hydroxylation is 1. The first kappa shape index (κ1) is 9.27. The second-order valence-corrected chi connectivity index (χ2v) is 5.21. The molecule has 0 atom stereocenters. The average molecular weight is 215 g/mol. The highest BCUT2D eigenvalue weighted by atomic mass is 32.2. The Kier molecular flexibility index (Phi) is 2.23. The van der Waals surface area contributed by atoms with Crippen LogP contribution >= 0.6 is 24.0 Å². The SMILES string of the molecule is CSC1(Cn2c(C)n[nH]c2=S)CC1. The van der Waals surface area contributed by atoms with E-state index >= 15 is 0 Å². The molecule has 72 valence electrons. The van der Waals surface area contributed by atoms with Gasteiger partial charge in [0, 0.05) is 11.3 Å². The maximum Gasteiger partial charge on any atom is 0.195 e. The minimum atomic E-state index is 0.451. The zero-order valence-electron chi connectivity index (χ0n) is 7.83. The number of hydrogen-bond donors (Lipinski definition) is 1. The molecule has 13 heavy (non-hydrogen) atoms. The highest BCUT2D eigenvalue weighted by molar-refractivity contribution is 8.00. The first-order valence-electron chi connectivity index (χ1n) is 4.34. The van der Waals surface area contributed by atoms with E-state index in [-0.39, 0.29) is 0 Å². The van der Waals surface area contributed by atoms with Crippen LogP contribution in [0.3, 0.4) is 0 Å². The second-order valence-electron chi connectivity index (χ2n) is 3.55. The molecular formula is C8H13N3S2. The minimum Gasteiger partial charge on any atom is -0.303 e. The smallest absolute Gasteiger partial charge is 0.195 e. The lowest BCUT2D eigenvalue weighted by atomic mass is 10.4. The van der Waals surface area contributed by atoms with Crippen LogP contribution in [-0.4, -0.2) is 25.8 Å². The Morgan fingerprint density at radius 1 is 1.69 bits per heavy atom. The van der Waals surface area contributed by atoms with Crippen LogP contribution in [0.2, 0.25) is 0 Å². The molecule has 1 saturated carbocycles. The first-order valence-corrected chi connectivity index (χ1v) is 5.97. The molecule has 0 aromatic carbocycles. The third kappa shape index (κ3) is 1.67. The summed E-state index contributed by atoms with van der Waals surface area (Å²) in [5.41, 5.74) is 0. The standard InChI is InChI=1S/C8H13N3S2/c1-6-9-10-7(12)11(6)5-8(13-2)3-4-8/h3-5H2,1-2H3,(H,10,12). The van der Waals surface area contributed by atoms with Crippen molar-refractivity contribution in [3.63, 3.8) is 0 Å². The summed E-state index contributed by atoms with van der Waals surface area (Å²) in [4.78, 5) is 0. The molecule has 2 rings (SSSR count). The van der Waals surface area contributed by atoms with Crippen molar-refractivity contribution in [2.24, 2.45) is 0 Å². The van der Waals surface area contributed by atoms with Crippen molar-refractivity contribution in [2.45, 2.75) is 31.1 Å². The van der Waals surface area contributed by atoms with Crippen LogP contribution in [0, 0.1) is 11.7 Å². The van der Waals surface area contributed by atoms with E-state index in [9.17, 15) is 0 Å². The fourth-order valence-electron chi connectivity index (χ4n) is 1.44. The van der Waals surface area contributed by atoms with E-state index in [1.165, 1.54) is 12.8 Å². The molecule has 0 spiro atoms. The summed E-state index contributed by atoms with van der Waals surface area (Å²) in [5, 5.41) is 6.92. The average Bonchev–Trinajstić information content (AvgIpc) is 2.84. The van der Waals surface area contributed by atoms with Crippen LogP contribution in [0.25, 0.3) is 0 Å². The van der Waals surface area contributed by atoms with E-state index in [2.05, 4.69) is 21.0 Å². The lowest BCUT2D eigenvalue weighted by Crippen LogP contribution is -2.14. The normalized spacial score (nSPS) is 18.9. The van der Waals surface area contributed by atoms with Gasteiger partial charge in [0.1, 0.15) is 5.82 Å². The highest BCUT2D eigenvalue weighted by Gasteiger charge is 2.42. The molecule has 1 heterocycles. The summed E-state index contributed by atoms with van der Waals surface area (Å²) >= 11 is 7.10. The molecule has 0 amide bonds. The molecule has 1 fully saturated rings. The number of H-pyrrole nitrogens is 1. The van der Waals surface area contributed by atoms with Crippen LogP contribution in [0.4, 0.5) is 0 Å². The molecule has 1 aliphatic rings. The van der Waals surface area contributed by atoms with E-state index in [1.54, 1.807) is 0 Å². The van der Waals surface area contributed by atoms with Crippen LogP contribution in [0.1, 0.15) is 18.7 Å². The Balaban J connectivity index is 2.22. The summed E-state index contributed by atoms with van der Waals surface area (Å²) < 4.78 is 3.30. The van der Waals surface area contributed by atoms with E-state index in [0.717, 1.165) is 17.1 Å². The largest absolute Gasteiger partial charge is 0.303 e. The number of aromatic amines is 1. The molecule has 0 saturated heterocycles. The third-order valence-electron chi connectivity index (χ3n) is 2.64. The Hall–Kier alpha value is -0.290. The van der Waals surface area contributed by atoms with Crippen molar-refractivity contribution < 1.29 is 0 Å². The third-order valence-corrected chi connectivity index (χ3v) is 4.35. The van der Waals surface area contributed by atoms with Gasteiger partial charge in [-0.3, -0.25) is 5.10 Å². The van der Waals surface area contributed by atoms with E-state index in [1.807, 2.05) is 18.7 Å². The second kappa shape index (κ2) is 3.13. The summed E-state index contributed by atoms with van der Waals surface area (Å²) in [6, 6.07) is 0. The van der Waals surface area contributed by atoms with Crippen LogP contribution in [-0.2, 0) is 6.54 Å². The Labute approximate surface area is 86.9 Å². The maximum atomic E-state index is 5.15. The van der Waals surface area contributed by atoms with Gasteiger partial charge in [-0.2, -0.15) is 16.9 Å². The van der Waals surface area contributed by atoms with Crippen LogP contribution in [0.5, 0.6) is 0 Å². The van der Waals surface area contributed by atoms with Gasteiger partial charge >= 0.3 is 0 Å². The van der Waals surface area contributed by atoms with Gasteiger partial charge in [0.15, 0.2) is 4.77 Å². The van der Waals surface area contributed by atoms with Crippen molar-refractivity contribution in [3.05, 3.63) is 10.6 Å². The van der Waals surface area contributed by atoms with Gasteiger partial charge < -0.3 is 4.57 Å². The molecule has 0 unspecified atom stereocenters. The van der Waals surface area contributed by atoms with Gasteiger partial charge in [-0.15, -0.1) is 0 Å². The van der Waals surface area contributed by atoms with Gasteiger partial charge in [0.2, 0.25) is 0 Å². The van der Waals surface area contributed by atoms with Crippen molar-refractivity contribution >= 4 is 24.0 Å². The maximum absolute atomic E-state index is 5.15. The topological polar surface area (TPSA) is 33.6 Å². The number of thioether (sulfide) groups is 1. The number of aromatic nitrogens is 3. The zero-order valence-corrected chi connectivity index (χ0v) is 9.47. The van der Waals surface area contributed by atoms with Crippen LogP contribution < -0.4 is 0 Å². The minimum absolute atomic E-state index is 0.451. The molecule has 3 nitrogen and oxygen atoms in total. The quantitative estimate of drug-likeness (QED) is 0.784. The summed E-state index contributed by atoms with van der Waals surface area (Å²) in [6.45, 7) is 3.00. The molecule has 0 aliphatic heterocycles. The van der Waals surface area contributed by atoms with E-state index < -0.39 is 0 Å². The molecule has 1 aliphatic carbocycles. The molecule has 1 N–H and O–H groups in total. The molecule has 0 bridgehead atoms. The predicted octanol–water partition coefficient (Wildman–Crippen LogP) is 2.14. The molecule has 1 aromatic rings. The van der Waals surface area contributed by atoms with Gasteiger partial charge in [-0.05, 0) is 38.2 Å². The first-order chi connectivity index (χ1) is 6.17. The lowest BCUT2D eigenvalue weighted by Gasteiger charge is -2.12. The molecule has 0 radical (unpaired) electrons. The Morgan fingerprint density at radius 3 is 2.77 bits per heavy atom. The molecule has 1 aromatic heterocycles. The van der Waals surface area contributed by atoms with E-state index in [4.69, 9.17) is 12.2 Å². The van der Waals surface area contributed by atoms with Crippen LogP contribution in [0.15, 0.2) is 0 Å². The van der Waals surface area contributed by atoms with Crippen molar-refractivity contribution in [3.8, 4) is 0 Å². The van der Waals surface area contributed by atoms with Gasteiger partial charge in [0.05, 0.1) is 0 Å². The Morgan fingerprint density at radius 2 is 2.38 bits per heavy atom. The summed E-state index contributed by atoms with van der Waals surface area (Å²) in [5.74, 6) is 0.991. The van der Waals surface area contributed by atoms with Crippen molar-refractivity contribution in [2.75, 3.05) is 6.26 Å². The Bertz CT molecular complexity index is 362. The molecule has 5 heteroatoms. The fraction of sp³-hybridized carbons (Fsp3) is 0.750. The number of rotatable bonds is 3. The molecular weight excluding hydrogens is 202 g/mol. The summed E-state index contributed by atoms with van der Waals surface area (Å²) in [7, 11) is 0. The van der Waals surface area contributed by atoms with Crippen molar-refractivity contribution in [1.29, 1.82) is 0 Å². The van der Waals surface area contributed by atoms with Crippen molar-refractivity contribution in [1.82, 2.24) is 14.8 Å². The fourth-order valence-corrected chi connectivity index (χ4v) is 2.45. The number of nitrogens with one attached hydrogen (secondary N) is 1. The summed E-state index contributed by atoms with van der Waals surface area (Å²) in [6.07, 6.45) is 4.78. The zero-order chi connectivity index (χ0) is 9.47. The predicted molar refractivity (Wildman–Crippen MR) is 57.6 cm³/mol. The number of hydrogen-bond acceptors (Lipinski definition) is 3. The van der Waals surface area contributed by atoms with Gasteiger partial charge in [0.25, 0.3) is 0 Å². The monoisotopic (exact) mass is 215 g/mol. The van der Waals surface area contributed by atoms with Gasteiger partial charge in [-0.25, -0.2) is 0 Å².